The Kier molecular flexibility index (Phi) is 6.23. The van der Waals surface area contributed by atoms with Gasteiger partial charge in [0.15, 0.2) is 0 Å². The number of carbonyl (C=O) groups excluding carboxylic acids is 1. The van der Waals surface area contributed by atoms with Crippen molar-refractivity contribution in [3.63, 3.8) is 0 Å². The van der Waals surface area contributed by atoms with Gasteiger partial charge in [-0.05, 0) is 20.8 Å². The molecule has 1 amide bonds. The zero-order valence-electron chi connectivity index (χ0n) is 11.3. The fourth-order valence-electron chi connectivity index (χ4n) is 1.04. The summed E-state index contributed by atoms with van der Waals surface area (Å²) >= 11 is 0. The first-order valence-corrected chi connectivity index (χ1v) is 7.26. The van der Waals surface area contributed by atoms with Crippen LogP contribution < -0.4 is 5.32 Å². The van der Waals surface area contributed by atoms with Gasteiger partial charge in [0.25, 0.3) is 10.1 Å². The van der Waals surface area contributed by atoms with Crippen molar-refractivity contribution in [3.05, 3.63) is 0 Å². The predicted octanol–water partition coefficient (Wildman–Crippen LogP) is 0.331. The van der Waals surface area contributed by atoms with E-state index in [0.29, 0.717) is 0 Å². The second-order valence-corrected chi connectivity index (χ2v) is 6.57. The molecule has 2 N–H and O–H groups in total. The minimum absolute atomic E-state index is 0.468. The van der Waals surface area contributed by atoms with Crippen LogP contribution >= 0.6 is 0 Å². The molecule has 19 heavy (non-hydrogen) atoms. The summed E-state index contributed by atoms with van der Waals surface area (Å²) in [5.74, 6) is -1.20. The monoisotopic (exact) mass is 297 g/mol. The molecular formula is C10H19NO7S. The van der Waals surface area contributed by atoms with Gasteiger partial charge in [0, 0.05) is 0 Å². The molecule has 0 bridgehead atoms. The maximum atomic E-state index is 11.4. The van der Waals surface area contributed by atoms with Crippen LogP contribution in [-0.2, 0) is 23.8 Å². The lowest BCUT2D eigenvalue weighted by Gasteiger charge is -2.22. The van der Waals surface area contributed by atoms with Crippen molar-refractivity contribution in [2.45, 2.75) is 38.8 Å². The summed E-state index contributed by atoms with van der Waals surface area (Å²) in [5.41, 5.74) is -0.741. The number of aliphatic carboxylic acids is 1. The van der Waals surface area contributed by atoms with Gasteiger partial charge in [0.1, 0.15) is 5.60 Å². The number of carboxylic acids is 1. The lowest BCUT2D eigenvalue weighted by atomic mass is 10.2. The summed E-state index contributed by atoms with van der Waals surface area (Å²) < 4.78 is 31.0. The van der Waals surface area contributed by atoms with Crippen LogP contribution in [0.1, 0.15) is 27.2 Å². The van der Waals surface area contributed by atoms with E-state index in [2.05, 4.69) is 9.50 Å². The van der Waals surface area contributed by atoms with Gasteiger partial charge in [-0.3, -0.25) is 8.98 Å². The molecule has 8 nitrogen and oxygen atoms in total. The Balaban J connectivity index is 4.51. The number of nitrogens with one attached hydrogen (secondary N) is 1. The molecule has 0 fully saturated rings. The third-order valence-corrected chi connectivity index (χ3v) is 2.19. The third kappa shape index (κ3) is 11.5. The van der Waals surface area contributed by atoms with Crippen LogP contribution in [0.3, 0.4) is 0 Å². The summed E-state index contributed by atoms with van der Waals surface area (Å²) in [4.78, 5) is 22.0. The smallest absolute Gasteiger partial charge is 0.407 e. The molecule has 0 saturated carbocycles. The van der Waals surface area contributed by atoms with Crippen LogP contribution in [0.15, 0.2) is 0 Å². The number of hydrogen-bond acceptors (Lipinski definition) is 6. The van der Waals surface area contributed by atoms with E-state index in [1.165, 1.54) is 0 Å². The molecule has 0 aromatic carbocycles. The Morgan fingerprint density at radius 2 is 1.84 bits per heavy atom. The first kappa shape index (κ1) is 17.6. The number of amides is 1. The number of hydrogen-bond donors (Lipinski definition) is 2. The minimum atomic E-state index is -3.71. The Morgan fingerprint density at radius 3 is 2.21 bits per heavy atom. The Morgan fingerprint density at radius 1 is 1.32 bits per heavy atom. The highest BCUT2D eigenvalue weighted by atomic mass is 32.2. The van der Waals surface area contributed by atoms with E-state index >= 15 is 0 Å². The van der Waals surface area contributed by atoms with Gasteiger partial charge in [0.05, 0.1) is 25.3 Å². The molecule has 0 spiro atoms. The largest absolute Gasteiger partial charge is 0.481 e. The van der Waals surface area contributed by atoms with E-state index in [4.69, 9.17) is 9.84 Å². The Labute approximate surface area is 112 Å². The number of carbonyl (C=O) groups is 2. The van der Waals surface area contributed by atoms with Crippen molar-refractivity contribution < 1.29 is 32.0 Å². The number of carboxylic acid groups (broad SMARTS) is 1. The van der Waals surface area contributed by atoms with Gasteiger partial charge < -0.3 is 15.2 Å². The van der Waals surface area contributed by atoms with Gasteiger partial charge in [0.2, 0.25) is 0 Å². The summed E-state index contributed by atoms with van der Waals surface area (Å²) in [7, 11) is -3.71. The van der Waals surface area contributed by atoms with Gasteiger partial charge in [-0.2, -0.15) is 8.42 Å². The predicted molar refractivity (Wildman–Crippen MR) is 66.2 cm³/mol. The molecule has 0 unspecified atom stereocenters. The number of rotatable bonds is 6. The van der Waals surface area contributed by atoms with Crippen molar-refractivity contribution in [2.75, 3.05) is 12.9 Å². The van der Waals surface area contributed by atoms with Crippen LogP contribution in [0.25, 0.3) is 0 Å². The average molecular weight is 297 g/mol. The zero-order valence-corrected chi connectivity index (χ0v) is 12.1. The Bertz CT molecular complexity index is 424. The normalized spacial score (nSPS) is 13.7. The molecule has 112 valence electrons. The van der Waals surface area contributed by atoms with Gasteiger partial charge in [-0.15, -0.1) is 0 Å². The topological polar surface area (TPSA) is 119 Å². The SMILES string of the molecule is CC(C)(C)OC(=O)N[C@H](COS(C)(=O)=O)CC(=O)O. The molecule has 0 saturated heterocycles. The first-order valence-electron chi connectivity index (χ1n) is 5.45. The lowest BCUT2D eigenvalue weighted by Crippen LogP contribution is -2.43. The van der Waals surface area contributed by atoms with Gasteiger partial charge in [-0.1, -0.05) is 0 Å². The molecule has 0 heterocycles. The van der Waals surface area contributed by atoms with Crippen molar-refractivity contribution in [1.29, 1.82) is 0 Å². The quantitative estimate of drug-likeness (QED) is 0.678. The van der Waals surface area contributed by atoms with Crippen molar-refractivity contribution in [1.82, 2.24) is 5.32 Å². The van der Waals surface area contributed by atoms with E-state index in [9.17, 15) is 18.0 Å². The molecule has 0 aliphatic carbocycles. The average Bonchev–Trinajstić information content (AvgIpc) is 2.08. The highest BCUT2D eigenvalue weighted by molar-refractivity contribution is 7.85. The molecule has 0 rings (SSSR count). The summed E-state index contributed by atoms with van der Waals surface area (Å²) in [5, 5.41) is 10.9. The first-order chi connectivity index (χ1) is 8.39. The molecule has 0 aliphatic rings. The van der Waals surface area contributed by atoms with E-state index in [1.807, 2.05) is 0 Å². The molecule has 9 heteroatoms. The minimum Gasteiger partial charge on any atom is -0.481 e. The maximum absolute atomic E-state index is 11.4. The van der Waals surface area contributed by atoms with E-state index in [0.717, 1.165) is 6.26 Å². The zero-order chi connectivity index (χ0) is 15.3. The van der Waals surface area contributed by atoms with E-state index in [1.54, 1.807) is 20.8 Å². The standard InChI is InChI=1S/C10H19NO7S/c1-10(2,3)18-9(14)11-7(5-8(12)13)6-17-19(4,15)16/h7H,5-6H2,1-4H3,(H,11,14)(H,12,13)/t7-/m0/s1. The molecule has 0 radical (unpaired) electrons. The fraction of sp³-hybridized carbons (Fsp3) is 0.800. The van der Waals surface area contributed by atoms with Crippen LogP contribution in [0, 0.1) is 0 Å². The molecule has 0 aromatic rings. The highest BCUT2D eigenvalue weighted by Gasteiger charge is 2.22. The van der Waals surface area contributed by atoms with Crippen LogP contribution in [0.2, 0.25) is 0 Å². The maximum Gasteiger partial charge on any atom is 0.407 e. The third-order valence-electron chi connectivity index (χ3n) is 1.63. The molecule has 0 aliphatic heterocycles. The molecular weight excluding hydrogens is 278 g/mol. The summed E-state index contributed by atoms with van der Waals surface area (Å²) in [6.45, 7) is 4.47. The van der Waals surface area contributed by atoms with Gasteiger partial charge >= 0.3 is 12.1 Å². The summed E-state index contributed by atoms with van der Waals surface area (Å²) in [6.07, 6.45) is -0.483. The second-order valence-electron chi connectivity index (χ2n) is 4.93. The van der Waals surface area contributed by atoms with Crippen LogP contribution in [0.5, 0.6) is 0 Å². The van der Waals surface area contributed by atoms with Gasteiger partial charge in [-0.25, -0.2) is 4.79 Å². The van der Waals surface area contributed by atoms with E-state index in [-0.39, 0.29) is 0 Å². The fourth-order valence-corrected chi connectivity index (χ4v) is 1.45. The van der Waals surface area contributed by atoms with E-state index < -0.39 is 46.9 Å². The summed E-state index contributed by atoms with van der Waals surface area (Å²) in [6, 6.07) is -0.998. The molecule has 1 atom stereocenters. The number of ether oxygens (including phenoxy) is 1. The van der Waals surface area contributed by atoms with Crippen molar-refractivity contribution in [2.24, 2.45) is 0 Å². The van der Waals surface area contributed by atoms with Crippen LogP contribution in [-0.4, -0.2) is 50.1 Å². The Hall–Kier alpha value is -1.35. The van der Waals surface area contributed by atoms with Crippen molar-refractivity contribution in [3.8, 4) is 0 Å². The lowest BCUT2D eigenvalue weighted by molar-refractivity contribution is -0.137. The number of alkyl carbamates (subject to hydrolysis) is 1. The molecule has 0 aromatic heterocycles. The van der Waals surface area contributed by atoms with Crippen molar-refractivity contribution >= 4 is 22.2 Å². The van der Waals surface area contributed by atoms with Crippen LogP contribution in [0.4, 0.5) is 4.79 Å². The second kappa shape index (κ2) is 6.71. The highest BCUT2D eigenvalue weighted by Crippen LogP contribution is 2.07.